The third-order valence-corrected chi connectivity index (χ3v) is 10.4. The average Bonchev–Trinajstić information content (AvgIpc) is 3.03. The Morgan fingerprint density at radius 2 is 1.27 bits per heavy atom. The van der Waals surface area contributed by atoms with E-state index in [4.69, 9.17) is 16.2 Å². The fourth-order valence-electron chi connectivity index (χ4n) is 7.13. The van der Waals surface area contributed by atoms with Crippen LogP contribution < -0.4 is 5.32 Å². The van der Waals surface area contributed by atoms with E-state index >= 15 is 0 Å². The van der Waals surface area contributed by atoms with Crippen LogP contribution in [0, 0.1) is 41.5 Å². The number of hydrogen-bond acceptors (Lipinski definition) is 4. The van der Waals surface area contributed by atoms with Gasteiger partial charge in [0.1, 0.15) is 0 Å². The first-order valence-electron chi connectivity index (χ1n) is 17.0. The van der Waals surface area contributed by atoms with Gasteiger partial charge in [0, 0.05) is 23.2 Å². The summed E-state index contributed by atoms with van der Waals surface area (Å²) in [5.74, 6) is -1.43. The number of carbonyl (C=O) groups is 2. The average molecular weight is 722 g/mol. The molecule has 1 unspecified atom stereocenters. The van der Waals surface area contributed by atoms with Crippen LogP contribution in [0.15, 0.2) is 91.0 Å². The lowest BCUT2D eigenvalue weighted by Crippen LogP contribution is -2.23. The molecule has 1 amide bonds. The van der Waals surface area contributed by atoms with Gasteiger partial charge in [-0.15, -0.1) is 0 Å². The molecule has 0 aliphatic heterocycles. The van der Waals surface area contributed by atoms with E-state index in [-0.39, 0.29) is 24.5 Å². The van der Waals surface area contributed by atoms with Crippen LogP contribution in [0.3, 0.4) is 0 Å². The lowest BCUT2D eigenvalue weighted by molar-refractivity contribution is -0.117. The summed E-state index contributed by atoms with van der Waals surface area (Å²) >= 11 is 6.84. The summed E-state index contributed by atoms with van der Waals surface area (Å²) in [5.41, 5.74) is 14.0. The number of nitrogens with one attached hydrogen (secondary N) is 1. The maximum absolute atomic E-state index is 14.1. The molecule has 0 spiro atoms. The van der Waals surface area contributed by atoms with Crippen LogP contribution in [-0.4, -0.2) is 30.4 Å². The molecular weight excluding hydrogens is 678 g/mol. The third kappa shape index (κ3) is 9.41. The van der Waals surface area contributed by atoms with Crippen LogP contribution in [0.1, 0.15) is 73.6 Å². The SMILES string of the molecule is Cc1cc(C)c(-c2ccc(C(Cc3ccc(C(=O)CCCS(=O)(=O)O)cc3)C(=O)Nc3ccc(-c4c(C)cc(C)cc4C)c(Cl)c3)cc2)c(C)c1. The largest absolute Gasteiger partial charge is 0.326 e. The van der Waals surface area contributed by atoms with Crippen molar-refractivity contribution in [1.29, 1.82) is 0 Å². The van der Waals surface area contributed by atoms with Gasteiger partial charge < -0.3 is 5.32 Å². The lowest BCUT2D eigenvalue weighted by atomic mass is 9.88. The normalized spacial score (nSPS) is 12.1. The maximum atomic E-state index is 14.1. The monoisotopic (exact) mass is 721 g/mol. The number of hydrogen-bond donors (Lipinski definition) is 2. The van der Waals surface area contributed by atoms with Crippen molar-refractivity contribution in [3.63, 3.8) is 0 Å². The Balaban J connectivity index is 1.42. The van der Waals surface area contributed by atoms with Gasteiger partial charge >= 0.3 is 0 Å². The summed E-state index contributed by atoms with van der Waals surface area (Å²) < 4.78 is 31.1. The molecule has 8 heteroatoms. The predicted molar refractivity (Wildman–Crippen MR) is 209 cm³/mol. The van der Waals surface area contributed by atoms with E-state index in [1.54, 1.807) is 18.2 Å². The Hall–Kier alpha value is -4.56. The van der Waals surface area contributed by atoms with E-state index < -0.39 is 21.8 Å². The van der Waals surface area contributed by atoms with Crippen molar-refractivity contribution >= 4 is 39.1 Å². The molecule has 5 aromatic rings. The molecular formula is C43H44ClNO5S. The second kappa shape index (κ2) is 15.8. The molecule has 0 aliphatic carbocycles. The zero-order valence-electron chi connectivity index (χ0n) is 29.9. The molecule has 51 heavy (non-hydrogen) atoms. The summed E-state index contributed by atoms with van der Waals surface area (Å²) in [4.78, 5) is 26.8. The molecule has 0 aromatic heterocycles. The van der Waals surface area contributed by atoms with Crippen LogP contribution in [-0.2, 0) is 21.3 Å². The number of Topliss-reactive ketones (excluding diaryl/α,β-unsaturated/α-hetero) is 1. The van der Waals surface area contributed by atoms with Crippen molar-refractivity contribution in [3.05, 3.63) is 146 Å². The van der Waals surface area contributed by atoms with Crippen LogP contribution >= 0.6 is 11.6 Å². The summed E-state index contributed by atoms with van der Waals surface area (Å²) in [5, 5.41) is 3.65. The highest BCUT2D eigenvalue weighted by Gasteiger charge is 2.23. The van der Waals surface area contributed by atoms with E-state index in [0.717, 1.165) is 38.9 Å². The zero-order valence-corrected chi connectivity index (χ0v) is 31.5. The molecule has 5 rings (SSSR count). The van der Waals surface area contributed by atoms with Crippen molar-refractivity contribution in [2.45, 2.75) is 66.7 Å². The topological polar surface area (TPSA) is 101 Å². The minimum Gasteiger partial charge on any atom is -0.326 e. The smallest absolute Gasteiger partial charge is 0.264 e. The second-order valence-corrected chi connectivity index (χ2v) is 15.6. The fourth-order valence-corrected chi connectivity index (χ4v) is 7.92. The standard InChI is InChI=1S/C43H44ClNO5S/c1-26-20-28(3)41(29(4)21-26)35-15-13-33(14-16-35)38(24-32-9-11-34(12-10-32)40(46)8-7-19-51(48,49)50)43(47)45-36-17-18-37(39(44)25-36)42-30(5)22-27(2)23-31(42)6/h9-18,20-23,25,38H,7-8,19,24H2,1-6H3,(H,45,47)(H,48,49,50). The second-order valence-electron chi connectivity index (χ2n) is 13.6. The molecule has 264 valence electrons. The van der Waals surface area contributed by atoms with Gasteiger partial charge in [-0.3, -0.25) is 14.1 Å². The van der Waals surface area contributed by atoms with Crippen molar-refractivity contribution in [3.8, 4) is 22.3 Å². The van der Waals surface area contributed by atoms with Crippen LogP contribution in [0.2, 0.25) is 5.02 Å². The van der Waals surface area contributed by atoms with Crippen molar-refractivity contribution in [1.82, 2.24) is 0 Å². The molecule has 0 aliphatic rings. The Morgan fingerprint density at radius 1 is 0.725 bits per heavy atom. The third-order valence-electron chi connectivity index (χ3n) is 9.30. The summed E-state index contributed by atoms with van der Waals surface area (Å²) in [7, 11) is -4.12. The number of ketones is 1. The highest BCUT2D eigenvalue weighted by atomic mass is 35.5. The molecule has 5 aromatic carbocycles. The predicted octanol–water partition coefficient (Wildman–Crippen LogP) is 10.3. The van der Waals surface area contributed by atoms with Gasteiger partial charge in [-0.05, 0) is 117 Å². The summed E-state index contributed by atoms with van der Waals surface area (Å²) in [6, 6.07) is 29.4. The van der Waals surface area contributed by atoms with Gasteiger partial charge in [-0.1, -0.05) is 102 Å². The van der Waals surface area contributed by atoms with Gasteiger partial charge in [0.2, 0.25) is 5.91 Å². The highest BCUT2D eigenvalue weighted by Crippen LogP contribution is 2.36. The number of rotatable bonds is 12. The quantitative estimate of drug-likeness (QED) is 0.0987. The molecule has 0 radical (unpaired) electrons. The molecule has 0 heterocycles. The zero-order chi connectivity index (χ0) is 37.0. The first-order valence-corrected chi connectivity index (χ1v) is 19.0. The van der Waals surface area contributed by atoms with Gasteiger partial charge in [-0.25, -0.2) is 0 Å². The van der Waals surface area contributed by atoms with Crippen LogP contribution in [0.5, 0.6) is 0 Å². The number of benzene rings is 5. The molecule has 0 fully saturated rings. The Labute approximate surface area is 306 Å². The lowest BCUT2D eigenvalue weighted by Gasteiger charge is -2.20. The maximum Gasteiger partial charge on any atom is 0.264 e. The molecule has 0 bridgehead atoms. The summed E-state index contributed by atoms with van der Waals surface area (Å²) in [6.45, 7) is 12.5. The first-order chi connectivity index (χ1) is 24.1. The Morgan fingerprint density at radius 3 is 1.80 bits per heavy atom. The van der Waals surface area contributed by atoms with Crippen LogP contribution in [0.4, 0.5) is 5.69 Å². The van der Waals surface area contributed by atoms with Gasteiger partial charge in [0.15, 0.2) is 5.78 Å². The molecule has 6 nitrogen and oxygen atoms in total. The van der Waals surface area contributed by atoms with E-state index in [2.05, 4.69) is 83.3 Å². The minimum absolute atomic E-state index is 0.000841. The number of carbonyl (C=O) groups excluding carboxylic acids is 2. The molecule has 0 saturated carbocycles. The number of anilines is 1. The van der Waals surface area contributed by atoms with E-state index in [1.165, 1.54) is 27.8 Å². The van der Waals surface area contributed by atoms with Crippen LogP contribution in [0.25, 0.3) is 22.3 Å². The molecule has 0 saturated heterocycles. The van der Waals surface area contributed by atoms with Crippen molar-refractivity contribution < 1.29 is 22.6 Å². The minimum atomic E-state index is -4.12. The van der Waals surface area contributed by atoms with Crippen molar-refractivity contribution in [2.24, 2.45) is 0 Å². The first kappa shape index (κ1) is 37.7. The van der Waals surface area contributed by atoms with E-state index in [9.17, 15) is 18.0 Å². The number of aryl methyl sites for hydroxylation is 6. The van der Waals surface area contributed by atoms with Gasteiger partial charge in [-0.2, -0.15) is 8.42 Å². The van der Waals surface area contributed by atoms with Gasteiger partial charge in [0.05, 0.1) is 16.7 Å². The Kier molecular flexibility index (Phi) is 11.7. The summed E-state index contributed by atoms with van der Waals surface area (Å²) in [6.07, 6.45) is 0.411. The fraction of sp³-hybridized carbons (Fsp3) is 0.256. The van der Waals surface area contributed by atoms with Gasteiger partial charge in [0.25, 0.3) is 10.1 Å². The van der Waals surface area contributed by atoms with E-state index in [0.29, 0.717) is 22.7 Å². The highest BCUT2D eigenvalue weighted by molar-refractivity contribution is 7.85. The molecule has 1 atom stereocenters. The number of halogens is 1. The Bertz CT molecular complexity index is 2160. The van der Waals surface area contributed by atoms with E-state index in [1.807, 2.05) is 36.4 Å². The number of amides is 1. The molecule has 2 N–H and O–H groups in total. The van der Waals surface area contributed by atoms with Crippen molar-refractivity contribution in [2.75, 3.05) is 11.1 Å².